The van der Waals surface area contributed by atoms with Gasteiger partial charge in [-0.15, -0.1) is 0 Å². The Hall–Kier alpha value is -2.83. The van der Waals surface area contributed by atoms with E-state index in [0.29, 0.717) is 39.5 Å². The number of cyclic esters (lactones) is 3. The van der Waals surface area contributed by atoms with Gasteiger partial charge in [0, 0.05) is 0 Å². The number of hydrogen-bond donors (Lipinski definition) is 1. The van der Waals surface area contributed by atoms with Gasteiger partial charge in [-0.2, -0.15) is 0 Å². The van der Waals surface area contributed by atoms with Gasteiger partial charge >= 0.3 is 18.3 Å². The molecule has 25 heteroatoms. The molecule has 9 saturated heterocycles. The van der Waals surface area contributed by atoms with E-state index in [-0.39, 0.29) is 136 Å². The summed E-state index contributed by atoms with van der Waals surface area (Å²) < 4.78 is 108. The number of carbonyl (C=O) groups excluding carboxylic acids is 3. The maximum absolute atomic E-state index is 12.4. The van der Waals surface area contributed by atoms with Gasteiger partial charge in [-0.05, 0) is 41.5 Å². The second-order valence-corrected chi connectivity index (χ2v) is 20.7. The van der Waals surface area contributed by atoms with Crippen LogP contribution in [0.2, 0.25) is 0 Å². The second kappa shape index (κ2) is 22.6. The lowest BCUT2D eigenvalue weighted by Gasteiger charge is -2.40. The molecular weight excluding hydrogens is 945 g/mol. The predicted octanol–water partition coefficient (Wildman–Crippen LogP) is 0.00260. The molecule has 404 valence electrons. The Morgan fingerprint density at radius 3 is 0.986 bits per heavy atom. The normalized spacial score (nSPS) is 36.2. The Balaban J connectivity index is 0.721. The molecular formula is C46H74N4O21. The molecule has 0 aromatic carbocycles. The van der Waals surface area contributed by atoms with E-state index in [1.54, 1.807) is 14.7 Å². The van der Waals surface area contributed by atoms with Crippen LogP contribution in [-0.2, 0) is 85.3 Å². The van der Waals surface area contributed by atoms with E-state index in [1.807, 2.05) is 41.5 Å². The van der Waals surface area contributed by atoms with Gasteiger partial charge in [-0.1, -0.05) is 0 Å². The molecule has 9 aliphatic heterocycles. The molecule has 9 rings (SSSR count). The van der Waals surface area contributed by atoms with Crippen molar-refractivity contribution in [3.8, 4) is 0 Å². The third-order valence-corrected chi connectivity index (χ3v) is 13.9. The van der Waals surface area contributed by atoms with Crippen molar-refractivity contribution in [2.45, 2.75) is 138 Å². The maximum atomic E-state index is 12.4. The number of nitrogens with zero attached hydrogens (tertiary/aromatic N) is 3. The summed E-state index contributed by atoms with van der Waals surface area (Å²) in [6.45, 7) is 16.4. The minimum absolute atomic E-state index is 0.0805. The van der Waals surface area contributed by atoms with Crippen LogP contribution in [0.4, 0.5) is 14.4 Å². The molecule has 9 aliphatic rings. The van der Waals surface area contributed by atoms with Crippen LogP contribution in [0, 0.1) is 0 Å². The molecule has 25 nitrogen and oxygen atoms in total. The smallest absolute Gasteiger partial charge is 0.410 e. The zero-order chi connectivity index (χ0) is 50.0. The van der Waals surface area contributed by atoms with Crippen LogP contribution in [0.1, 0.15) is 41.5 Å². The predicted molar refractivity (Wildman–Crippen MR) is 238 cm³/mol. The summed E-state index contributed by atoms with van der Waals surface area (Å²) in [7, 11) is 0. The fraction of sp³-hybridized carbons (Fsp3) is 0.935. The summed E-state index contributed by atoms with van der Waals surface area (Å²) in [6, 6.07) is -1.00. The van der Waals surface area contributed by atoms with E-state index in [9.17, 15) is 14.4 Å². The standard InChI is InChI=1S/C46H74N4O21/c1-43(2)66-34-28(48-7-10-60-40(48)51)19-63-31(37(34)69-43)22-54-13-16-57-25-46(47,26-58-17-14-55-23-32-38-35(67-44(3,4)70-38)29(20-64-32)49-8-11-61-41(49)52)27-59-18-15-56-24-33-39-36(68-45(5,6)71-39)30(21-65-33)50-9-12-62-42(50)53/h28-39H,7-27,47H2,1-6H3/t28-,29-,30-,31-,32-,33-,34-,35-,36-,37+,38+,39+/m1/s1. The lowest BCUT2D eigenvalue weighted by Crippen LogP contribution is -2.59. The third-order valence-electron chi connectivity index (χ3n) is 13.9. The van der Waals surface area contributed by atoms with Crippen LogP contribution in [0.25, 0.3) is 0 Å². The number of rotatable bonds is 24. The molecule has 0 radical (unpaired) electrons. The summed E-state index contributed by atoms with van der Waals surface area (Å²) in [4.78, 5) is 42.1. The van der Waals surface area contributed by atoms with Crippen molar-refractivity contribution in [3.63, 3.8) is 0 Å². The van der Waals surface area contributed by atoms with Crippen molar-refractivity contribution >= 4 is 18.3 Å². The molecule has 12 atom stereocenters. The lowest BCUT2D eigenvalue weighted by molar-refractivity contribution is -0.162. The molecule has 0 aromatic heterocycles. The van der Waals surface area contributed by atoms with Crippen molar-refractivity contribution in [2.24, 2.45) is 5.73 Å². The van der Waals surface area contributed by atoms with Gasteiger partial charge in [0.25, 0.3) is 0 Å². The van der Waals surface area contributed by atoms with Crippen LogP contribution in [0.3, 0.4) is 0 Å². The highest BCUT2D eigenvalue weighted by molar-refractivity contribution is 5.71. The Labute approximate surface area is 413 Å². The van der Waals surface area contributed by atoms with Gasteiger partial charge in [-0.3, -0.25) is 14.7 Å². The summed E-state index contributed by atoms with van der Waals surface area (Å²) in [5, 5.41) is 0. The van der Waals surface area contributed by atoms with Gasteiger partial charge in [0.1, 0.15) is 74.8 Å². The molecule has 9 heterocycles. The fourth-order valence-electron chi connectivity index (χ4n) is 10.7. The second-order valence-electron chi connectivity index (χ2n) is 20.7. The summed E-state index contributed by atoms with van der Waals surface area (Å²) in [6.07, 6.45) is -4.98. The molecule has 0 saturated carbocycles. The van der Waals surface area contributed by atoms with Crippen LogP contribution in [0.5, 0.6) is 0 Å². The lowest BCUT2D eigenvalue weighted by atomic mass is 9.97. The first kappa shape index (κ1) is 53.0. The maximum Gasteiger partial charge on any atom is 0.410 e. The van der Waals surface area contributed by atoms with E-state index in [4.69, 9.17) is 91.0 Å². The third kappa shape index (κ3) is 12.7. The molecule has 0 aromatic rings. The average molecular weight is 1020 g/mol. The van der Waals surface area contributed by atoms with Crippen LogP contribution < -0.4 is 5.73 Å². The number of amides is 3. The summed E-state index contributed by atoms with van der Waals surface area (Å²) in [5.41, 5.74) is 5.84. The van der Waals surface area contributed by atoms with E-state index >= 15 is 0 Å². The van der Waals surface area contributed by atoms with Crippen LogP contribution in [-0.4, -0.2) is 267 Å². The Morgan fingerprint density at radius 1 is 0.451 bits per heavy atom. The first-order valence-electron chi connectivity index (χ1n) is 25.0. The Kier molecular flexibility index (Phi) is 16.8. The van der Waals surface area contributed by atoms with Crippen LogP contribution in [0.15, 0.2) is 0 Å². The zero-order valence-corrected chi connectivity index (χ0v) is 41.8. The Bertz CT molecular complexity index is 1620. The Morgan fingerprint density at radius 2 is 0.718 bits per heavy atom. The van der Waals surface area contributed by atoms with Crippen molar-refractivity contribution < 1.29 is 99.6 Å². The fourth-order valence-corrected chi connectivity index (χ4v) is 10.7. The first-order valence-corrected chi connectivity index (χ1v) is 25.0. The van der Waals surface area contributed by atoms with E-state index < -0.39 is 77.8 Å². The van der Waals surface area contributed by atoms with Gasteiger partial charge in [0.15, 0.2) is 17.4 Å². The first-order chi connectivity index (χ1) is 34.0. The van der Waals surface area contributed by atoms with Gasteiger partial charge < -0.3 is 91.0 Å². The van der Waals surface area contributed by atoms with E-state index in [0.717, 1.165) is 0 Å². The van der Waals surface area contributed by atoms with Crippen molar-refractivity contribution in [1.29, 1.82) is 0 Å². The average Bonchev–Trinajstić information content (AvgIpc) is 4.19. The quantitative estimate of drug-likeness (QED) is 0.0987. The molecule has 0 aliphatic carbocycles. The number of carbonyl (C=O) groups is 3. The highest BCUT2D eigenvalue weighted by Crippen LogP contribution is 2.41. The highest BCUT2D eigenvalue weighted by Gasteiger charge is 2.57. The number of hydrogen-bond acceptors (Lipinski definition) is 22. The zero-order valence-electron chi connectivity index (χ0n) is 41.8. The minimum Gasteiger partial charge on any atom is -0.448 e. The van der Waals surface area contributed by atoms with Gasteiger partial charge in [0.05, 0.1) is 142 Å². The van der Waals surface area contributed by atoms with Crippen LogP contribution >= 0.6 is 0 Å². The van der Waals surface area contributed by atoms with E-state index in [2.05, 4.69) is 0 Å². The van der Waals surface area contributed by atoms with Gasteiger partial charge in [-0.25, -0.2) is 14.4 Å². The van der Waals surface area contributed by atoms with Crippen molar-refractivity contribution in [1.82, 2.24) is 14.7 Å². The number of nitrogens with two attached hydrogens (primary N) is 1. The minimum atomic E-state index is -1.07. The molecule has 71 heavy (non-hydrogen) atoms. The molecule has 0 unspecified atom stereocenters. The summed E-state index contributed by atoms with van der Waals surface area (Å²) in [5.74, 6) is -2.57. The SMILES string of the molecule is CC1(C)O[C@@H]2[C@H](O1)[C@H](N1CCOC1=O)CO[C@@H]2COCCOCC(N)(COCCOC[C@H]1OC[C@@H](N2CCOC2=O)[C@H]2OC(C)(C)O[C@H]21)COCCOC[C@H]1OC[C@@H](N2CCOC2=O)[C@H]2OC(C)(C)O[C@H]21. The topological polar surface area (TPSA) is 253 Å². The largest absolute Gasteiger partial charge is 0.448 e. The summed E-state index contributed by atoms with van der Waals surface area (Å²) >= 11 is 0. The van der Waals surface area contributed by atoms with Crippen molar-refractivity contribution in [2.75, 3.05) is 139 Å². The number of fused-ring (bicyclic) bond motifs is 3. The van der Waals surface area contributed by atoms with Gasteiger partial charge in [0.2, 0.25) is 0 Å². The monoisotopic (exact) mass is 1020 g/mol. The molecule has 9 fully saturated rings. The molecule has 0 bridgehead atoms. The molecule has 2 N–H and O–H groups in total. The molecule has 0 spiro atoms. The molecule has 3 amide bonds. The van der Waals surface area contributed by atoms with Crippen molar-refractivity contribution in [3.05, 3.63) is 0 Å². The highest BCUT2D eigenvalue weighted by atomic mass is 16.8. The van der Waals surface area contributed by atoms with E-state index in [1.165, 1.54) is 0 Å². The number of ether oxygens (including phenoxy) is 18.